The molecule has 0 aliphatic carbocycles. The summed E-state index contributed by atoms with van der Waals surface area (Å²) >= 11 is 13.8. The quantitative estimate of drug-likeness (QED) is 0.163. The first-order chi connectivity index (χ1) is 11.9. The number of halogens is 3. The van der Waals surface area contributed by atoms with Crippen molar-refractivity contribution in [1.82, 2.24) is 0 Å². The Morgan fingerprint density at radius 2 is 1.27 bits per heavy atom. The maximum absolute atomic E-state index is 6.82. The first-order valence-corrected chi connectivity index (χ1v) is 16.7. The topological polar surface area (TPSA) is 0 Å². The highest BCUT2D eigenvalue weighted by molar-refractivity contribution is 9.28. The molecule has 0 saturated heterocycles. The van der Waals surface area contributed by atoms with E-state index in [4.69, 9.17) is 11.6 Å². The Morgan fingerprint density at radius 3 is 1.54 bits per heavy atom. The van der Waals surface area contributed by atoms with Crippen LogP contribution in [0.25, 0.3) is 0 Å². The standard InChI is InChI=1S/C21H37Br2ClSi2/c1-10-25(11-2,12-3)20(19(24)15-21(22)23)13-14-26(16(4)5,17(6)7)18(8)9/h15-18H,10-12H2,1-9H3/b20-19+. The molecular weight excluding hydrogens is 504 g/mol. The number of rotatable bonds is 8. The predicted molar refractivity (Wildman–Crippen MR) is 135 cm³/mol. The Hall–Kier alpha value is 0.724. The zero-order chi connectivity index (χ0) is 20.7. The van der Waals surface area contributed by atoms with Crippen molar-refractivity contribution >= 4 is 59.6 Å². The highest BCUT2D eigenvalue weighted by atomic mass is 79.9. The van der Waals surface area contributed by atoms with E-state index in [-0.39, 0.29) is 0 Å². The van der Waals surface area contributed by atoms with E-state index in [1.54, 1.807) is 0 Å². The van der Waals surface area contributed by atoms with Gasteiger partial charge in [-0.2, -0.15) is 0 Å². The summed E-state index contributed by atoms with van der Waals surface area (Å²) in [4.78, 5) is 0. The van der Waals surface area contributed by atoms with Crippen LogP contribution < -0.4 is 0 Å². The van der Waals surface area contributed by atoms with E-state index in [0.29, 0.717) is 16.6 Å². The minimum absolute atomic E-state index is 0.634. The van der Waals surface area contributed by atoms with E-state index in [0.717, 1.165) is 8.42 Å². The molecule has 0 nitrogen and oxygen atoms in total. The monoisotopic (exact) mass is 538 g/mol. The summed E-state index contributed by atoms with van der Waals surface area (Å²) in [5.41, 5.74) is 5.82. The van der Waals surface area contributed by atoms with Gasteiger partial charge in [-0.05, 0) is 54.6 Å². The molecule has 150 valence electrons. The van der Waals surface area contributed by atoms with Gasteiger partial charge in [0.25, 0.3) is 0 Å². The average molecular weight is 541 g/mol. The summed E-state index contributed by atoms with van der Waals surface area (Å²) < 4.78 is 0.876. The van der Waals surface area contributed by atoms with Crippen LogP contribution >= 0.6 is 43.5 Å². The minimum Gasteiger partial charge on any atom is -0.126 e. The summed E-state index contributed by atoms with van der Waals surface area (Å²) in [7, 11) is -3.44. The van der Waals surface area contributed by atoms with Crippen LogP contribution in [-0.4, -0.2) is 16.1 Å². The van der Waals surface area contributed by atoms with Crippen molar-refractivity contribution in [2.24, 2.45) is 0 Å². The molecule has 0 aliphatic heterocycles. The first kappa shape index (κ1) is 26.7. The maximum atomic E-state index is 6.82. The Balaban J connectivity index is 6.75. The lowest BCUT2D eigenvalue weighted by Crippen LogP contribution is -2.43. The minimum atomic E-state index is -1.77. The van der Waals surface area contributed by atoms with E-state index in [1.807, 2.05) is 6.08 Å². The van der Waals surface area contributed by atoms with Gasteiger partial charge < -0.3 is 0 Å². The number of allylic oxidation sites excluding steroid dienone is 3. The van der Waals surface area contributed by atoms with Gasteiger partial charge in [-0.25, -0.2) is 0 Å². The largest absolute Gasteiger partial charge is 0.146 e. The van der Waals surface area contributed by atoms with Gasteiger partial charge in [0.2, 0.25) is 0 Å². The molecule has 0 radical (unpaired) electrons. The van der Waals surface area contributed by atoms with Crippen molar-refractivity contribution < 1.29 is 0 Å². The Labute approximate surface area is 186 Å². The first-order valence-electron chi connectivity index (χ1n) is 9.91. The van der Waals surface area contributed by atoms with E-state index in [2.05, 4.69) is 106 Å². The summed E-state index contributed by atoms with van der Waals surface area (Å²) in [6, 6.07) is 3.56. The SMILES string of the molecule is CC[Si](CC)(CC)/C(C#C[Si](C(C)C)(C(C)C)C(C)C)=C(/Cl)C=C(Br)Br. The van der Waals surface area contributed by atoms with Crippen molar-refractivity contribution in [2.75, 3.05) is 0 Å². The number of hydrogen-bond acceptors (Lipinski definition) is 0. The summed E-state index contributed by atoms with van der Waals surface area (Å²) in [5, 5.41) is 2.07. The molecule has 0 heterocycles. The zero-order valence-corrected chi connectivity index (χ0v) is 24.0. The lowest BCUT2D eigenvalue weighted by molar-refractivity contribution is 0.838. The molecule has 0 rings (SSSR count). The molecule has 0 aromatic rings. The second-order valence-corrected chi connectivity index (χ2v) is 22.1. The van der Waals surface area contributed by atoms with Crippen LogP contribution in [-0.2, 0) is 0 Å². The molecule has 0 aliphatic rings. The molecule has 0 N–H and O–H groups in total. The Bertz CT molecular complexity index is 543. The van der Waals surface area contributed by atoms with Crippen LogP contribution in [0.15, 0.2) is 19.7 Å². The van der Waals surface area contributed by atoms with Gasteiger partial charge in [-0.3, -0.25) is 0 Å². The van der Waals surface area contributed by atoms with Crippen LogP contribution in [0.4, 0.5) is 0 Å². The predicted octanol–water partition coefficient (Wildman–Crippen LogP) is 9.38. The van der Waals surface area contributed by atoms with Gasteiger partial charge in [0.15, 0.2) is 0 Å². The van der Waals surface area contributed by atoms with Crippen LogP contribution in [0.3, 0.4) is 0 Å². The molecule has 0 fully saturated rings. The molecule has 0 aromatic heterocycles. The Kier molecular flexibility index (Phi) is 12.0. The fourth-order valence-corrected chi connectivity index (χ4v) is 14.8. The van der Waals surface area contributed by atoms with Gasteiger partial charge in [0, 0.05) is 10.2 Å². The molecule has 0 spiro atoms. The summed E-state index contributed by atoms with van der Waals surface area (Å²) in [6.45, 7) is 21.1. The van der Waals surface area contributed by atoms with Crippen molar-refractivity contribution in [3.05, 3.63) is 19.7 Å². The average Bonchev–Trinajstić information content (AvgIpc) is 2.53. The van der Waals surface area contributed by atoms with Crippen molar-refractivity contribution in [3.63, 3.8) is 0 Å². The zero-order valence-electron chi connectivity index (χ0n) is 18.1. The lowest BCUT2D eigenvalue weighted by Gasteiger charge is -2.38. The van der Waals surface area contributed by atoms with Gasteiger partial charge in [0.1, 0.15) is 8.07 Å². The molecule has 0 saturated carbocycles. The lowest BCUT2D eigenvalue weighted by atomic mass is 10.5. The van der Waals surface area contributed by atoms with Crippen molar-refractivity contribution in [2.45, 2.75) is 97.1 Å². The summed E-state index contributed by atoms with van der Waals surface area (Å²) in [6.07, 6.45) is 1.97. The van der Waals surface area contributed by atoms with Gasteiger partial charge in [0.05, 0.1) is 11.5 Å². The van der Waals surface area contributed by atoms with Crippen LogP contribution in [0.1, 0.15) is 62.3 Å². The molecule has 0 unspecified atom stereocenters. The fraction of sp³-hybridized carbons (Fsp3) is 0.714. The highest BCUT2D eigenvalue weighted by Crippen LogP contribution is 2.41. The number of hydrogen-bond donors (Lipinski definition) is 0. The molecular formula is C21H37Br2ClSi2. The smallest absolute Gasteiger partial charge is 0.126 e. The normalized spacial score (nSPS) is 13.7. The third-order valence-corrected chi connectivity index (χ3v) is 19.0. The van der Waals surface area contributed by atoms with Crippen LogP contribution in [0.5, 0.6) is 0 Å². The fourth-order valence-electron chi connectivity index (χ4n) is 4.50. The Morgan fingerprint density at radius 1 is 0.885 bits per heavy atom. The summed E-state index contributed by atoms with van der Waals surface area (Å²) in [5.74, 6) is 3.74. The molecule has 5 heteroatoms. The third-order valence-electron chi connectivity index (χ3n) is 6.31. The molecule has 0 amide bonds. The van der Waals surface area contributed by atoms with E-state index < -0.39 is 16.1 Å². The van der Waals surface area contributed by atoms with E-state index in [9.17, 15) is 0 Å². The highest BCUT2D eigenvalue weighted by Gasteiger charge is 2.42. The molecule has 0 atom stereocenters. The van der Waals surface area contributed by atoms with Crippen molar-refractivity contribution in [3.8, 4) is 11.5 Å². The van der Waals surface area contributed by atoms with Crippen molar-refractivity contribution in [1.29, 1.82) is 0 Å². The van der Waals surface area contributed by atoms with Crippen LogP contribution in [0.2, 0.25) is 34.8 Å². The van der Waals surface area contributed by atoms with Gasteiger partial charge in [-0.1, -0.05) is 98.0 Å². The van der Waals surface area contributed by atoms with Gasteiger partial charge >= 0.3 is 0 Å². The molecule has 26 heavy (non-hydrogen) atoms. The second kappa shape index (κ2) is 11.7. The van der Waals surface area contributed by atoms with E-state index in [1.165, 1.54) is 23.3 Å². The maximum Gasteiger partial charge on any atom is 0.146 e. The molecule has 0 bridgehead atoms. The van der Waals surface area contributed by atoms with Crippen LogP contribution in [0, 0.1) is 11.5 Å². The van der Waals surface area contributed by atoms with Gasteiger partial charge in [-0.15, -0.1) is 5.54 Å². The van der Waals surface area contributed by atoms with E-state index >= 15 is 0 Å². The second-order valence-electron chi connectivity index (χ2n) is 8.15. The molecule has 0 aromatic carbocycles. The third kappa shape index (κ3) is 6.11.